The predicted molar refractivity (Wildman–Crippen MR) is 154 cm³/mol. The molecule has 0 aliphatic rings. The van der Waals surface area contributed by atoms with Crippen molar-refractivity contribution in [1.82, 2.24) is 14.6 Å². The second-order valence-electron chi connectivity index (χ2n) is 10.2. The van der Waals surface area contributed by atoms with Crippen LogP contribution >= 0.6 is 0 Å². The first-order valence-electron chi connectivity index (χ1n) is 12.8. The van der Waals surface area contributed by atoms with Crippen molar-refractivity contribution < 1.29 is 0 Å². The molecule has 2 heterocycles. The number of hydrogen-bond acceptors (Lipinski definition) is 2. The molecule has 0 saturated heterocycles. The summed E-state index contributed by atoms with van der Waals surface area (Å²) in [6, 6.07) is 32.7. The summed E-state index contributed by atoms with van der Waals surface area (Å²) in [6.07, 6.45) is 0. The Bertz CT molecular complexity index is 1670. The molecule has 6 aromatic rings. The Morgan fingerprint density at radius 1 is 0.611 bits per heavy atom. The Morgan fingerprint density at radius 3 is 1.89 bits per heavy atom. The Kier molecular flexibility index (Phi) is 6.09. The predicted octanol–water partition coefficient (Wildman–Crippen LogP) is 9.00. The first kappa shape index (κ1) is 23.7. The van der Waals surface area contributed by atoms with Crippen molar-refractivity contribution in [2.45, 2.75) is 47.0 Å². The highest BCUT2D eigenvalue weighted by Crippen LogP contribution is 2.35. The molecule has 0 amide bonds. The second-order valence-corrected chi connectivity index (χ2v) is 10.2. The smallest absolute Gasteiger partial charge is 0.169 e. The average Bonchev–Trinajstić information content (AvgIpc) is 3.35. The number of rotatable bonds is 2. The van der Waals surface area contributed by atoms with Crippen LogP contribution in [0.5, 0.6) is 0 Å². The molecule has 3 nitrogen and oxygen atoms in total. The van der Waals surface area contributed by atoms with Crippen LogP contribution in [-0.4, -0.2) is 14.6 Å². The van der Waals surface area contributed by atoms with E-state index >= 15 is 0 Å². The van der Waals surface area contributed by atoms with Gasteiger partial charge < -0.3 is 0 Å². The fourth-order valence-corrected chi connectivity index (χ4v) is 4.78. The van der Waals surface area contributed by atoms with Crippen LogP contribution in [0.1, 0.15) is 45.7 Å². The molecule has 4 aromatic carbocycles. The molecule has 0 unspecified atom stereocenters. The average molecular weight is 472 g/mol. The third kappa shape index (κ3) is 4.05. The van der Waals surface area contributed by atoms with Crippen LogP contribution in [0.2, 0.25) is 0 Å². The van der Waals surface area contributed by atoms with Gasteiger partial charge in [0.1, 0.15) is 0 Å². The molecule has 6 rings (SSSR count). The highest BCUT2D eigenvalue weighted by Gasteiger charge is 2.17. The van der Waals surface area contributed by atoms with Gasteiger partial charge in [-0.2, -0.15) is 0 Å². The Morgan fingerprint density at radius 2 is 1.22 bits per heavy atom. The monoisotopic (exact) mass is 471 g/mol. The zero-order valence-electron chi connectivity index (χ0n) is 22.0. The van der Waals surface area contributed by atoms with E-state index in [1.165, 1.54) is 33.0 Å². The summed E-state index contributed by atoms with van der Waals surface area (Å²) in [5.74, 6) is 0.869. The summed E-state index contributed by atoms with van der Waals surface area (Å²) in [7, 11) is 0. The van der Waals surface area contributed by atoms with Crippen LogP contribution in [0.4, 0.5) is 0 Å². The molecule has 0 aliphatic carbocycles. The molecule has 2 aromatic heterocycles. The van der Waals surface area contributed by atoms with E-state index in [0.717, 1.165) is 27.9 Å². The van der Waals surface area contributed by atoms with Crippen LogP contribution in [-0.2, 0) is 5.41 Å². The zero-order valence-corrected chi connectivity index (χ0v) is 22.0. The van der Waals surface area contributed by atoms with E-state index in [1.807, 2.05) is 13.8 Å². The number of aromatic nitrogens is 3. The number of fused-ring (bicyclic) bond motifs is 6. The van der Waals surface area contributed by atoms with E-state index in [4.69, 9.17) is 0 Å². The number of benzene rings is 4. The van der Waals surface area contributed by atoms with Gasteiger partial charge in [-0.15, -0.1) is 10.2 Å². The molecule has 0 atom stereocenters. The number of hydrogen-bond donors (Lipinski definition) is 0. The van der Waals surface area contributed by atoms with Crippen LogP contribution in [0, 0.1) is 6.92 Å². The minimum Gasteiger partial charge on any atom is -0.274 e. The first-order valence-corrected chi connectivity index (χ1v) is 12.8. The van der Waals surface area contributed by atoms with Gasteiger partial charge in [0.15, 0.2) is 11.5 Å². The van der Waals surface area contributed by atoms with Crippen molar-refractivity contribution >= 4 is 27.3 Å². The van der Waals surface area contributed by atoms with Gasteiger partial charge in [0.05, 0.1) is 5.52 Å². The molecule has 36 heavy (non-hydrogen) atoms. The summed E-state index contributed by atoms with van der Waals surface area (Å²) in [5.41, 5.74) is 8.22. The third-order valence-electron chi connectivity index (χ3n) is 6.75. The molecule has 3 heteroatoms. The standard InChI is InChI=1S/C31H27N3.C2H6/c1-20-9-11-22(12-10-20)29-32-33-30-26-8-6-5-7-25(26)27-19-23(15-18-28(27)34(29)30)21-13-16-24(17-14-21)31(2,3)4;1-2/h5-19H,1-4H3;1-2H3. The van der Waals surface area contributed by atoms with E-state index in [-0.39, 0.29) is 5.41 Å². The maximum Gasteiger partial charge on any atom is 0.169 e. The largest absolute Gasteiger partial charge is 0.274 e. The number of pyridine rings is 1. The molecule has 0 N–H and O–H groups in total. The van der Waals surface area contributed by atoms with Gasteiger partial charge in [0, 0.05) is 16.3 Å². The molecular weight excluding hydrogens is 438 g/mol. The van der Waals surface area contributed by atoms with E-state index < -0.39 is 0 Å². The van der Waals surface area contributed by atoms with Crippen molar-refractivity contribution in [3.63, 3.8) is 0 Å². The van der Waals surface area contributed by atoms with Gasteiger partial charge in [-0.05, 0) is 46.5 Å². The molecule has 0 aliphatic heterocycles. The SMILES string of the molecule is CC.Cc1ccc(-c2nnc3c4ccccc4c4cc(-c5ccc(C(C)(C)C)cc5)ccc4n23)cc1. The van der Waals surface area contributed by atoms with Gasteiger partial charge in [-0.1, -0.05) is 119 Å². The molecule has 180 valence electrons. The lowest BCUT2D eigenvalue weighted by Crippen LogP contribution is -2.10. The summed E-state index contributed by atoms with van der Waals surface area (Å²) in [5, 5.41) is 12.8. The van der Waals surface area contributed by atoms with Gasteiger partial charge in [-0.25, -0.2) is 0 Å². The third-order valence-corrected chi connectivity index (χ3v) is 6.75. The maximum atomic E-state index is 4.62. The molecule has 0 radical (unpaired) electrons. The summed E-state index contributed by atoms with van der Waals surface area (Å²) in [6.45, 7) is 12.9. The molecule has 0 fully saturated rings. The molecule has 0 bridgehead atoms. The van der Waals surface area contributed by atoms with Gasteiger partial charge in [0.2, 0.25) is 0 Å². The van der Waals surface area contributed by atoms with Crippen LogP contribution in [0.15, 0.2) is 91.0 Å². The Labute approximate surface area is 213 Å². The lowest BCUT2D eigenvalue weighted by atomic mass is 9.86. The molecule has 0 spiro atoms. The Hall–Kier alpha value is -3.98. The van der Waals surface area contributed by atoms with Crippen molar-refractivity contribution in [3.8, 4) is 22.5 Å². The van der Waals surface area contributed by atoms with Crippen LogP contribution in [0.25, 0.3) is 49.8 Å². The van der Waals surface area contributed by atoms with Gasteiger partial charge in [-0.3, -0.25) is 4.40 Å². The molecule has 0 saturated carbocycles. The van der Waals surface area contributed by atoms with Gasteiger partial charge >= 0.3 is 0 Å². The lowest BCUT2D eigenvalue weighted by molar-refractivity contribution is 0.590. The van der Waals surface area contributed by atoms with E-state index in [9.17, 15) is 0 Å². The topological polar surface area (TPSA) is 30.2 Å². The fourth-order valence-electron chi connectivity index (χ4n) is 4.78. The van der Waals surface area contributed by atoms with Crippen molar-refractivity contribution in [1.29, 1.82) is 0 Å². The highest BCUT2D eigenvalue weighted by atomic mass is 15.2. The minimum absolute atomic E-state index is 0.143. The highest BCUT2D eigenvalue weighted by molar-refractivity contribution is 6.13. The van der Waals surface area contributed by atoms with Crippen LogP contribution < -0.4 is 0 Å². The lowest BCUT2D eigenvalue weighted by Gasteiger charge is -2.19. The second kappa shape index (κ2) is 9.23. The fraction of sp³-hybridized carbons (Fsp3) is 0.212. The van der Waals surface area contributed by atoms with E-state index in [1.54, 1.807) is 0 Å². The molecular formula is C33H33N3. The van der Waals surface area contributed by atoms with Gasteiger partial charge in [0.25, 0.3) is 0 Å². The van der Waals surface area contributed by atoms with E-state index in [0.29, 0.717) is 0 Å². The summed E-state index contributed by atoms with van der Waals surface area (Å²) in [4.78, 5) is 0. The minimum atomic E-state index is 0.143. The van der Waals surface area contributed by atoms with Crippen LogP contribution in [0.3, 0.4) is 0 Å². The van der Waals surface area contributed by atoms with Crippen molar-refractivity contribution in [3.05, 3.63) is 102 Å². The Balaban J connectivity index is 0.00000130. The van der Waals surface area contributed by atoms with Crippen molar-refractivity contribution in [2.75, 3.05) is 0 Å². The summed E-state index contributed by atoms with van der Waals surface area (Å²) >= 11 is 0. The first-order chi connectivity index (χ1) is 17.4. The number of nitrogens with zero attached hydrogens (tertiary/aromatic N) is 3. The van der Waals surface area contributed by atoms with E-state index in [2.05, 4.69) is 133 Å². The summed E-state index contributed by atoms with van der Waals surface area (Å²) < 4.78 is 2.20. The zero-order chi connectivity index (χ0) is 25.4. The normalized spacial score (nSPS) is 11.6. The number of aryl methyl sites for hydroxylation is 1. The van der Waals surface area contributed by atoms with Crippen molar-refractivity contribution in [2.24, 2.45) is 0 Å². The quantitative estimate of drug-likeness (QED) is 0.236. The maximum absolute atomic E-state index is 4.62.